The van der Waals surface area contributed by atoms with Crippen LogP contribution in [0.1, 0.15) is 11.1 Å². The number of nitrogens with one attached hydrogen (secondary N) is 1. The van der Waals surface area contributed by atoms with Gasteiger partial charge in [-0.25, -0.2) is 0 Å². The van der Waals surface area contributed by atoms with Gasteiger partial charge in [-0.15, -0.1) is 0 Å². The molecular weight excluding hydrogens is 311 g/mol. The molecular formula is C15H14Cl2N2O2. The summed E-state index contributed by atoms with van der Waals surface area (Å²) in [6.45, 7) is 1.12. The van der Waals surface area contributed by atoms with Crippen molar-refractivity contribution in [3.8, 4) is 0 Å². The Hall–Kier alpha value is -1.62. The highest BCUT2D eigenvalue weighted by Gasteiger charge is 2.13. The molecule has 0 saturated carbocycles. The van der Waals surface area contributed by atoms with Crippen LogP contribution in [0.4, 0.5) is 5.69 Å². The van der Waals surface area contributed by atoms with E-state index in [9.17, 15) is 10.1 Å². The summed E-state index contributed by atoms with van der Waals surface area (Å²) in [5.41, 5.74) is 1.83. The summed E-state index contributed by atoms with van der Waals surface area (Å²) in [6.07, 6.45) is 0.825. The van der Waals surface area contributed by atoms with Crippen molar-refractivity contribution in [2.75, 3.05) is 6.54 Å². The lowest BCUT2D eigenvalue weighted by molar-refractivity contribution is -0.385. The number of halogens is 2. The standard InChI is InChI=1S/C15H14Cl2N2O2/c16-13-3-1-11(2-4-13)7-8-18-10-12-9-14(17)5-6-15(12)19(20)21/h1-6,9,18H,7-8,10H2. The van der Waals surface area contributed by atoms with Gasteiger partial charge in [0.05, 0.1) is 4.92 Å². The van der Waals surface area contributed by atoms with Crippen LogP contribution in [0.15, 0.2) is 42.5 Å². The van der Waals surface area contributed by atoms with Gasteiger partial charge in [0, 0.05) is 28.2 Å². The van der Waals surface area contributed by atoms with Crippen molar-refractivity contribution in [1.29, 1.82) is 0 Å². The minimum absolute atomic E-state index is 0.0818. The Labute approximate surface area is 132 Å². The number of hydrogen-bond donors (Lipinski definition) is 1. The van der Waals surface area contributed by atoms with E-state index in [0.29, 0.717) is 28.7 Å². The molecule has 0 fully saturated rings. The van der Waals surface area contributed by atoms with E-state index >= 15 is 0 Å². The zero-order valence-corrected chi connectivity index (χ0v) is 12.7. The molecule has 2 aromatic carbocycles. The number of nitro benzene ring substituents is 1. The summed E-state index contributed by atoms with van der Waals surface area (Å²) in [7, 11) is 0. The lowest BCUT2D eigenvalue weighted by Gasteiger charge is -2.06. The second kappa shape index (κ2) is 7.41. The second-order valence-corrected chi connectivity index (χ2v) is 5.46. The predicted molar refractivity (Wildman–Crippen MR) is 85.0 cm³/mol. The van der Waals surface area contributed by atoms with Gasteiger partial charge >= 0.3 is 0 Å². The van der Waals surface area contributed by atoms with Gasteiger partial charge in [0.25, 0.3) is 5.69 Å². The minimum atomic E-state index is -0.396. The van der Waals surface area contributed by atoms with E-state index < -0.39 is 4.92 Å². The van der Waals surface area contributed by atoms with Gasteiger partial charge in [-0.1, -0.05) is 35.3 Å². The first-order valence-electron chi connectivity index (χ1n) is 6.44. The van der Waals surface area contributed by atoms with Crippen molar-refractivity contribution in [3.63, 3.8) is 0 Å². The maximum atomic E-state index is 10.9. The number of rotatable bonds is 6. The Morgan fingerprint density at radius 1 is 1.05 bits per heavy atom. The molecule has 0 radical (unpaired) electrons. The van der Waals surface area contributed by atoms with Crippen LogP contribution in [-0.4, -0.2) is 11.5 Å². The molecule has 21 heavy (non-hydrogen) atoms. The van der Waals surface area contributed by atoms with Crippen LogP contribution in [-0.2, 0) is 13.0 Å². The zero-order valence-electron chi connectivity index (χ0n) is 11.2. The van der Waals surface area contributed by atoms with Crippen LogP contribution in [0.3, 0.4) is 0 Å². The summed E-state index contributed by atoms with van der Waals surface area (Å²) >= 11 is 11.7. The third-order valence-corrected chi connectivity index (χ3v) is 3.54. The smallest absolute Gasteiger partial charge is 0.273 e. The minimum Gasteiger partial charge on any atom is -0.312 e. The van der Waals surface area contributed by atoms with E-state index in [1.165, 1.54) is 12.1 Å². The van der Waals surface area contributed by atoms with Crippen molar-refractivity contribution in [2.24, 2.45) is 0 Å². The van der Waals surface area contributed by atoms with Crippen molar-refractivity contribution >= 4 is 28.9 Å². The number of benzene rings is 2. The molecule has 0 bridgehead atoms. The third-order valence-electron chi connectivity index (χ3n) is 3.06. The first-order chi connectivity index (χ1) is 10.1. The molecule has 6 heteroatoms. The van der Waals surface area contributed by atoms with Crippen molar-refractivity contribution < 1.29 is 4.92 Å². The second-order valence-electron chi connectivity index (χ2n) is 4.58. The van der Waals surface area contributed by atoms with Crippen molar-refractivity contribution in [2.45, 2.75) is 13.0 Å². The van der Waals surface area contributed by atoms with Crippen LogP contribution in [0, 0.1) is 10.1 Å². The first-order valence-corrected chi connectivity index (χ1v) is 7.20. The maximum Gasteiger partial charge on any atom is 0.273 e. The molecule has 0 aliphatic carbocycles. The van der Waals surface area contributed by atoms with E-state index in [2.05, 4.69) is 5.32 Å². The predicted octanol–water partition coefficient (Wildman–Crippen LogP) is 4.23. The molecule has 0 unspecified atom stereocenters. The lowest BCUT2D eigenvalue weighted by Crippen LogP contribution is -2.17. The molecule has 0 aliphatic heterocycles. The number of nitrogens with zero attached hydrogens (tertiary/aromatic N) is 1. The van der Waals surface area contributed by atoms with Crippen LogP contribution in [0.2, 0.25) is 10.0 Å². The van der Waals surface area contributed by atoms with Gasteiger partial charge in [-0.2, -0.15) is 0 Å². The zero-order chi connectivity index (χ0) is 15.2. The van der Waals surface area contributed by atoms with Gasteiger partial charge in [-0.05, 0) is 42.8 Å². The van der Waals surface area contributed by atoms with E-state index in [4.69, 9.17) is 23.2 Å². The summed E-state index contributed by atoms with van der Waals surface area (Å²) in [5.74, 6) is 0. The Kier molecular flexibility index (Phi) is 5.56. The Morgan fingerprint density at radius 3 is 2.38 bits per heavy atom. The highest BCUT2D eigenvalue weighted by molar-refractivity contribution is 6.30. The molecule has 1 N–H and O–H groups in total. The van der Waals surface area contributed by atoms with Gasteiger partial charge in [0.15, 0.2) is 0 Å². The van der Waals surface area contributed by atoms with Crippen molar-refractivity contribution in [3.05, 3.63) is 73.8 Å². The Morgan fingerprint density at radius 2 is 1.71 bits per heavy atom. The van der Waals surface area contributed by atoms with Gasteiger partial charge in [0.1, 0.15) is 0 Å². The normalized spacial score (nSPS) is 10.6. The van der Waals surface area contributed by atoms with Gasteiger partial charge < -0.3 is 5.32 Å². The van der Waals surface area contributed by atoms with E-state index in [-0.39, 0.29) is 5.69 Å². The molecule has 2 aromatic rings. The fourth-order valence-corrected chi connectivity index (χ4v) is 2.30. The molecule has 0 aromatic heterocycles. The molecule has 0 heterocycles. The Balaban J connectivity index is 1.90. The SMILES string of the molecule is O=[N+]([O-])c1ccc(Cl)cc1CNCCc1ccc(Cl)cc1. The largest absolute Gasteiger partial charge is 0.312 e. The fraction of sp³-hybridized carbons (Fsp3) is 0.200. The summed E-state index contributed by atoms with van der Waals surface area (Å²) < 4.78 is 0. The van der Waals surface area contributed by atoms with Crippen LogP contribution < -0.4 is 5.32 Å². The van der Waals surface area contributed by atoms with Crippen LogP contribution in [0.25, 0.3) is 0 Å². The highest BCUT2D eigenvalue weighted by Crippen LogP contribution is 2.22. The number of nitro groups is 1. The highest BCUT2D eigenvalue weighted by atomic mass is 35.5. The lowest BCUT2D eigenvalue weighted by atomic mass is 10.1. The Bertz CT molecular complexity index is 630. The van der Waals surface area contributed by atoms with Crippen LogP contribution >= 0.6 is 23.2 Å². The van der Waals surface area contributed by atoms with Gasteiger partial charge in [0.2, 0.25) is 0 Å². The van der Waals surface area contributed by atoms with E-state index in [1.54, 1.807) is 6.07 Å². The summed E-state index contributed by atoms with van der Waals surface area (Å²) in [5, 5.41) is 15.3. The summed E-state index contributed by atoms with van der Waals surface area (Å²) in [6, 6.07) is 12.2. The first kappa shape index (κ1) is 15.8. The molecule has 0 amide bonds. The molecule has 0 saturated heterocycles. The fourth-order valence-electron chi connectivity index (χ4n) is 1.98. The molecule has 0 aliphatic rings. The molecule has 110 valence electrons. The maximum absolute atomic E-state index is 10.9. The molecule has 0 atom stereocenters. The monoisotopic (exact) mass is 324 g/mol. The molecule has 4 nitrogen and oxygen atoms in total. The summed E-state index contributed by atoms with van der Waals surface area (Å²) in [4.78, 5) is 10.5. The molecule has 0 spiro atoms. The van der Waals surface area contributed by atoms with E-state index in [1.807, 2.05) is 24.3 Å². The molecule has 2 rings (SSSR count). The average molecular weight is 325 g/mol. The van der Waals surface area contributed by atoms with Crippen molar-refractivity contribution in [1.82, 2.24) is 5.32 Å². The quantitative estimate of drug-likeness (QED) is 0.491. The van der Waals surface area contributed by atoms with Gasteiger partial charge in [-0.3, -0.25) is 10.1 Å². The number of hydrogen-bond acceptors (Lipinski definition) is 3. The topological polar surface area (TPSA) is 55.2 Å². The average Bonchev–Trinajstić information content (AvgIpc) is 2.45. The third kappa shape index (κ3) is 4.70. The van der Waals surface area contributed by atoms with E-state index in [0.717, 1.165) is 12.0 Å². The van der Waals surface area contributed by atoms with Crippen LogP contribution in [0.5, 0.6) is 0 Å².